The molecule has 1 aromatic carbocycles. The highest BCUT2D eigenvalue weighted by molar-refractivity contribution is 7.84. The molecular formula is C28H26ClF2N5O2S. The third-order valence-corrected chi connectivity index (χ3v) is 7.48. The molecule has 0 aliphatic rings. The predicted molar refractivity (Wildman–Crippen MR) is 151 cm³/mol. The lowest BCUT2D eigenvalue weighted by molar-refractivity contribution is 0.591. The lowest BCUT2D eigenvalue weighted by Gasteiger charge is -2.16. The lowest BCUT2D eigenvalue weighted by Crippen LogP contribution is -2.22. The van der Waals surface area contributed by atoms with Gasteiger partial charge in [0.1, 0.15) is 16.6 Å². The summed E-state index contributed by atoms with van der Waals surface area (Å²) < 4.78 is 45.5. The average Bonchev–Trinajstić information content (AvgIpc) is 3.32. The van der Waals surface area contributed by atoms with Crippen LogP contribution in [0.25, 0.3) is 11.8 Å². The minimum atomic E-state index is -1.63. The molecule has 39 heavy (non-hydrogen) atoms. The summed E-state index contributed by atoms with van der Waals surface area (Å²) in [6.07, 6.45) is 10.9. The Morgan fingerprint density at radius 2 is 2.08 bits per heavy atom. The van der Waals surface area contributed by atoms with Gasteiger partial charge in [0.05, 0.1) is 28.1 Å². The Morgan fingerprint density at radius 3 is 2.79 bits per heavy atom. The van der Waals surface area contributed by atoms with Gasteiger partial charge in [-0.05, 0) is 56.0 Å². The number of aromatic nitrogens is 4. The van der Waals surface area contributed by atoms with Crippen molar-refractivity contribution >= 4 is 40.0 Å². The van der Waals surface area contributed by atoms with Gasteiger partial charge in [0.25, 0.3) is 5.56 Å². The van der Waals surface area contributed by atoms with Crippen molar-refractivity contribution in [3.63, 3.8) is 0 Å². The van der Waals surface area contributed by atoms with Crippen LogP contribution in [0.1, 0.15) is 42.1 Å². The van der Waals surface area contributed by atoms with Crippen molar-refractivity contribution in [1.82, 2.24) is 19.2 Å². The summed E-state index contributed by atoms with van der Waals surface area (Å²) in [5.74, 6) is -1.98. The number of aliphatic imine (C=N–C) groups is 1. The van der Waals surface area contributed by atoms with Crippen molar-refractivity contribution in [2.75, 3.05) is 6.26 Å². The summed E-state index contributed by atoms with van der Waals surface area (Å²) in [4.78, 5) is 21.6. The van der Waals surface area contributed by atoms with E-state index in [0.717, 1.165) is 16.3 Å². The first-order chi connectivity index (χ1) is 18.6. The fourth-order valence-electron chi connectivity index (χ4n) is 4.23. The number of allylic oxidation sites excluding steroid dienone is 2. The smallest absolute Gasteiger partial charge is 0.273 e. The van der Waals surface area contributed by atoms with Crippen LogP contribution >= 0.6 is 11.6 Å². The molecule has 3 aromatic heterocycles. The second-order valence-electron chi connectivity index (χ2n) is 8.90. The SMILES string of the molecule is C/C=C/N=C(/C(F)=C/n1c(C)cc(C(C)Cc2cnn3cccnc23)c(Cl)c1=O)c1cccc(S(C)=O)c1F. The molecule has 4 aromatic rings. The van der Waals surface area contributed by atoms with Crippen LogP contribution in [0.4, 0.5) is 8.78 Å². The minimum Gasteiger partial charge on any atom is -0.284 e. The number of benzene rings is 1. The molecule has 0 amide bonds. The summed E-state index contributed by atoms with van der Waals surface area (Å²) in [6, 6.07) is 7.68. The summed E-state index contributed by atoms with van der Waals surface area (Å²) >= 11 is 6.51. The number of rotatable bonds is 8. The Balaban J connectivity index is 1.74. The van der Waals surface area contributed by atoms with Gasteiger partial charge in [-0.1, -0.05) is 30.7 Å². The number of aryl methyl sites for hydroxylation is 1. The average molecular weight is 570 g/mol. The second kappa shape index (κ2) is 12.0. The number of fused-ring (bicyclic) bond motifs is 1. The molecule has 0 N–H and O–H groups in total. The molecule has 0 spiro atoms. The summed E-state index contributed by atoms with van der Waals surface area (Å²) in [5, 5.41) is 4.25. The molecule has 0 fully saturated rings. The van der Waals surface area contributed by atoms with Crippen molar-refractivity contribution in [3.05, 3.63) is 111 Å². The number of nitrogens with zero attached hydrogens (tertiary/aromatic N) is 5. The van der Waals surface area contributed by atoms with E-state index < -0.39 is 28.0 Å². The topological polar surface area (TPSA) is 81.6 Å². The monoisotopic (exact) mass is 569 g/mol. The van der Waals surface area contributed by atoms with Crippen LogP contribution in [0.2, 0.25) is 5.02 Å². The van der Waals surface area contributed by atoms with Gasteiger partial charge in [0.2, 0.25) is 0 Å². The second-order valence-corrected chi connectivity index (χ2v) is 10.6. The maximum absolute atomic E-state index is 15.7. The lowest BCUT2D eigenvalue weighted by atomic mass is 9.95. The Morgan fingerprint density at radius 1 is 1.31 bits per heavy atom. The van der Waals surface area contributed by atoms with Gasteiger partial charge >= 0.3 is 0 Å². The number of hydrogen-bond donors (Lipinski definition) is 0. The zero-order chi connectivity index (χ0) is 28.3. The van der Waals surface area contributed by atoms with Gasteiger partial charge in [0, 0.05) is 41.7 Å². The van der Waals surface area contributed by atoms with Crippen LogP contribution in [-0.2, 0) is 17.2 Å². The number of pyridine rings is 1. The molecule has 2 atom stereocenters. The third-order valence-electron chi connectivity index (χ3n) is 6.16. The largest absolute Gasteiger partial charge is 0.284 e. The fourth-order valence-corrected chi connectivity index (χ4v) is 5.19. The maximum atomic E-state index is 15.7. The summed E-state index contributed by atoms with van der Waals surface area (Å²) in [7, 11) is -1.63. The first-order valence-electron chi connectivity index (χ1n) is 12.0. The van der Waals surface area contributed by atoms with Crippen molar-refractivity contribution in [2.45, 2.75) is 38.0 Å². The molecule has 0 bridgehead atoms. The predicted octanol–water partition coefficient (Wildman–Crippen LogP) is 5.87. The van der Waals surface area contributed by atoms with E-state index in [0.29, 0.717) is 23.3 Å². The maximum Gasteiger partial charge on any atom is 0.273 e. The van der Waals surface area contributed by atoms with Crippen molar-refractivity contribution in [3.8, 4) is 0 Å². The molecule has 4 rings (SSSR count). The zero-order valence-electron chi connectivity index (χ0n) is 21.7. The van der Waals surface area contributed by atoms with Crippen LogP contribution in [0.5, 0.6) is 0 Å². The summed E-state index contributed by atoms with van der Waals surface area (Å²) in [6.45, 7) is 5.26. The molecule has 0 aliphatic carbocycles. The van der Waals surface area contributed by atoms with E-state index in [4.69, 9.17) is 11.6 Å². The minimum absolute atomic E-state index is 0.0527. The molecule has 2 unspecified atom stereocenters. The molecule has 0 radical (unpaired) electrons. The molecule has 0 saturated carbocycles. The Bertz CT molecular complexity index is 1720. The normalized spacial score (nSPS) is 14.3. The van der Waals surface area contributed by atoms with Crippen molar-refractivity contribution in [1.29, 1.82) is 0 Å². The van der Waals surface area contributed by atoms with Gasteiger partial charge in [-0.2, -0.15) is 5.10 Å². The van der Waals surface area contributed by atoms with E-state index in [2.05, 4.69) is 15.1 Å². The number of hydrogen-bond acceptors (Lipinski definition) is 5. The standard InChI is InChI=1S/C28H26ClF2N5O2S/c1-5-10-32-26(20-8-6-9-23(25(20)31)39(4)38)22(30)16-35-18(3)14-21(24(29)28(35)37)17(2)13-19-15-34-36-12-7-11-33-27(19)36/h5-12,14-17H,13H2,1-4H3/b10-5+,22-16-,32-26+. The van der Waals surface area contributed by atoms with Crippen LogP contribution < -0.4 is 5.56 Å². The molecule has 0 saturated heterocycles. The van der Waals surface area contributed by atoms with Crippen LogP contribution in [0.3, 0.4) is 0 Å². The first-order valence-corrected chi connectivity index (χ1v) is 13.9. The summed E-state index contributed by atoms with van der Waals surface area (Å²) in [5.41, 5.74) is 1.48. The van der Waals surface area contributed by atoms with Crippen molar-refractivity contribution < 1.29 is 13.0 Å². The van der Waals surface area contributed by atoms with Gasteiger partial charge in [-0.25, -0.2) is 18.3 Å². The molecule has 202 valence electrons. The molecule has 7 nitrogen and oxygen atoms in total. The molecule has 3 heterocycles. The van der Waals surface area contributed by atoms with E-state index >= 15 is 8.78 Å². The Hall–Kier alpha value is -3.76. The highest BCUT2D eigenvalue weighted by atomic mass is 35.5. The quantitative estimate of drug-likeness (QED) is 0.249. The molecular weight excluding hydrogens is 544 g/mol. The van der Waals surface area contributed by atoms with E-state index in [9.17, 15) is 9.00 Å². The van der Waals surface area contributed by atoms with E-state index in [1.807, 2.05) is 6.92 Å². The van der Waals surface area contributed by atoms with Crippen LogP contribution in [0, 0.1) is 12.7 Å². The zero-order valence-corrected chi connectivity index (χ0v) is 23.3. The Kier molecular flexibility index (Phi) is 8.66. The van der Waals surface area contributed by atoms with Gasteiger partial charge in [-0.15, -0.1) is 0 Å². The highest BCUT2D eigenvalue weighted by Crippen LogP contribution is 2.28. The van der Waals surface area contributed by atoms with Gasteiger partial charge in [0.15, 0.2) is 11.5 Å². The van der Waals surface area contributed by atoms with Gasteiger partial charge in [-0.3, -0.25) is 18.6 Å². The van der Waals surface area contributed by atoms with E-state index in [1.54, 1.807) is 55.2 Å². The van der Waals surface area contributed by atoms with E-state index in [1.165, 1.54) is 30.7 Å². The fraction of sp³-hybridized carbons (Fsp3) is 0.214. The van der Waals surface area contributed by atoms with Crippen LogP contribution in [-0.4, -0.2) is 35.3 Å². The highest BCUT2D eigenvalue weighted by Gasteiger charge is 2.21. The Labute approximate surface area is 231 Å². The third kappa shape index (κ3) is 5.81. The molecule has 11 heteroatoms. The van der Waals surface area contributed by atoms with E-state index in [-0.39, 0.29) is 27.1 Å². The molecule has 0 aliphatic heterocycles. The first kappa shape index (κ1) is 28.3. The van der Waals surface area contributed by atoms with Crippen molar-refractivity contribution in [2.24, 2.45) is 4.99 Å². The van der Waals surface area contributed by atoms with Gasteiger partial charge < -0.3 is 0 Å². The number of halogens is 3. The van der Waals surface area contributed by atoms with Crippen LogP contribution in [0.15, 0.2) is 81.7 Å².